The largest absolute Gasteiger partial charge is 0.359 e. The third kappa shape index (κ3) is 4.89. The Morgan fingerprint density at radius 1 is 1.15 bits per heavy atom. The van der Waals surface area contributed by atoms with Crippen molar-refractivity contribution in [3.8, 4) is 0 Å². The molecule has 2 nitrogen and oxygen atoms in total. The van der Waals surface area contributed by atoms with Crippen LogP contribution in [0, 0.1) is 0 Å². The summed E-state index contributed by atoms with van der Waals surface area (Å²) < 4.78 is 31.9. The molecule has 80 valence electrons. The van der Waals surface area contributed by atoms with E-state index in [4.69, 9.17) is 0 Å². The fourth-order valence-electron chi connectivity index (χ4n) is 0.988. The van der Waals surface area contributed by atoms with Crippen LogP contribution in [0.1, 0.15) is 13.8 Å². The van der Waals surface area contributed by atoms with E-state index >= 15 is 0 Å². The summed E-state index contributed by atoms with van der Waals surface area (Å²) >= 11 is 0. The van der Waals surface area contributed by atoms with Crippen LogP contribution in [-0.4, -0.2) is 26.0 Å². The van der Waals surface area contributed by atoms with Crippen molar-refractivity contribution in [2.75, 3.05) is 13.1 Å². The van der Waals surface area contributed by atoms with Gasteiger partial charge in [0.25, 0.3) is 0 Å². The molecule has 0 bridgehead atoms. The first-order valence-corrected chi connectivity index (χ1v) is 9.43. The minimum Gasteiger partial charge on any atom is -0.272 e. The molecule has 0 aliphatic rings. The van der Waals surface area contributed by atoms with Crippen molar-refractivity contribution in [1.82, 2.24) is 4.67 Å². The molecule has 0 heterocycles. The molecule has 0 unspecified atom stereocenters. The lowest BCUT2D eigenvalue weighted by Gasteiger charge is -2.23. The second-order valence-electron chi connectivity index (χ2n) is 3.87. The highest BCUT2D eigenvalue weighted by atomic mass is 31.2. The van der Waals surface area contributed by atoms with Gasteiger partial charge in [-0.1, -0.05) is 13.8 Å². The highest BCUT2D eigenvalue weighted by Crippen LogP contribution is 2.57. The summed E-state index contributed by atoms with van der Waals surface area (Å²) in [6, 6.07) is 0. The molecule has 0 saturated heterocycles. The first-order valence-electron chi connectivity index (χ1n) is 4.51. The second-order valence-corrected chi connectivity index (χ2v) is 10.5. The summed E-state index contributed by atoms with van der Waals surface area (Å²) in [6.07, 6.45) is 0. The van der Waals surface area contributed by atoms with Gasteiger partial charge in [-0.3, -0.25) is 4.41 Å². The number of hydrogen-bond donors (Lipinski definition) is 0. The first kappa shape index (κ1) is 13.3. The van der Waals surface area contributed by atoms with E-state index in [-0.39, 0.29) is 0 Å². The molecular weight excluding hydrogens is 209 g/mol. The lowest BCUT2D eigenvalue weighted by Crippen LogP contribution is -2.21. The van der Waals surface area contributed by atoms with Crippen LogP contribution in [0.5, 0.6) is 0 Å². The molecule has 0 atom stereocenters. The number of hydrogen-bond acceptors (Lipinski definition) is 1. The van der Waals surface area contributed by atoms with Crippen LogP contribution in [0.25, 0.3) is 0 Å². The van der Waals surface area contributed by atoms with Crippen molar-refractivity contribution in [2.45, 2.75) is 33.5 Å². The van der Waals surface area contributed by atoms with Gasteiger partial charge in [-0.2, -0.15) is 8.39 Å². The molecule has 13 heavy (non-hydrogen) atoms. The average molecular weight is 228 g/mol. The van der Waals surface area contributed by atoms with E-state index in [1.165, 1.54) is 4.67 Å². The molecule has 0 N–H and O–H groups in total. The third-order valence-corrected chi connectivity index (χ3v) is 6.10. The summed E-state index contributed by atoms with van der Waals surface area (Å²) in [5.41, 5.74) is 0. The van der Waals surface area contributed by atoms with Crippen molar-refractivity contribution in [2.24, 2.45) is 4.41 Å². The van der Waals surface area contributed by atoms with Crippen molar-refractivity contribution in [3.05, 3.63) is 0 Å². The molecule has 0 rings (SSSR count). The number of halogens is 2. The van der Waals surface area contributed by atoms with Crippen LogP contribution < -0.4 is 0 Å². The Morgan fingerprint density at radius 3 is 1.77 bits per heavy atom. The summed E-state index contributed by atoms with van der Waals surface area (Å²) in [5, 5.41) is 0. The zero-order valence-electron chi connectivity index (χ0n) is 9.01. The van der Waals surface area contributed by atoms with E-state index in [1.54, 1.807) is 13.8 Å². The molecule has 6 heteroatoms. The maximum absolute atomic E-state index is 13.5. The highest BCUT2D eigenvalue weighted by molar-refractivity contribution is 7.54. The van der Waals surface area contributed by atoms with E-state index in [1.807, 2.05) is 19.6 Å². The lowest BCUT2D eigenvalue weighted by molar-refractivity contribution is 0.438. The zero-order chi connectivity index (χ0) is 10.7. The van der Waals surface area contributed by atoms with Gasteiger partial charge < -0.3 is 0 Å². The maximum atomic E-state index is 13.5. The van der Waals surface area contributed by atoms with Gasteiger partial charge in [0.1, 0.15) is 0 Å². The Morgan fingerprint density at radius 2 is 1.54 bits per heavy atom. The quantitative estimate of drug-likeness (QED) is 0.523. The molecule has 0 aliphatic carbocycles. The van der Waals surface area contributed by atoms with Gasteiger partial charge in [-0.25, -0.2) is 4.67 Å². The minimum atomic E-state index is -4.15. The normalized spacial score (nSPS) is 13.5. The van der Waals surface area contributed by atoms with Crippen LogP contribution >= 0.6 is 7.83 Å². The van der Waals surface area contributed by atoms with Gasteiger partial charge in [-0.15, -0.1) is 0 Å². The van der Waals surface area contributed by atoms with Gasteiger partial charge >= 0.3 is 7.83 Å². The molecule has 0 fully saturated rings. The van der Waals surface area contributed by atoms with Crippen LogP contribution in [0.4, 0.5) is 8.39 Å². The fraction of sp³-hybridized carbons (Fsp3) is 1.00. The Labute approximate surface area is 80.8 Å². The maximum Gasteiger partial charge on any atom is 0.359 e. The topological polar surface area (TPSA) is 15.6 Å². The van der Waals surface area contributed by atoms with Crippen molar-refractivity contribution >= 4 is 16.1 Å². The molecule has 0 saturated carbocycles. The van der Waals surface area contributed by atoms with E-state index in [2.05, 4.69) is 4.41 Å². The smallest absolute Gasteiger partial charge is 0.272 e. The molecule has 0 amide bonds. The molecular formula is C7H19F2N2PSi. The summed E-state index contributed by atoms with van der Waals surface area (Å²) in [5.74, 6) is 0. The van der Waals surface area contributed by atoms with Gasteiger partial charge in [0.05, 0.1) is 0 Å². The predicted octanol–water partition coefficient (Wildman–Crippen LogP) is 4.05. The monoisotopic (exact) mass is 228 g/mol. The second kappa shape index (κ2) is 4.67. The first-order chi connectivity index (χ1) is 5.73. The lowest BCUT2D eigenvalue weighted by atomic mass is 10.7. The molecule has 0 aromatic carbocycles. The van der Waals surface area contributed by atoms with Crippen LogP contribution in [0.15, 0.2) is 4.41 Å². The van der Waals surface area contributed by atoms with Crippen LogP contribution in [-0.2, 0) is 0 Å². The van der Waals surface area contributed by atoms with E-state index in [0.29, 0.717) is 13.1 Å². The van der Waals surface area contributed by atoms with Crippen molar-refractivity contribution < 1.29 is 8.39 Å². The SMILES string of the molecule is CCN(CC)P(F)(F)=N[Si](C)(C)C. The number of rotatable bonds is 4. The van der Waals surface area contributed by atoms with Gasteiger partial charge in [0.2, 0.25) is 0 Å². The van der Waals surface area contributed by atoms with Gasteiger partial charge in [-0.05, 0) is 19.6 Å². The Balaban J connectivity index is 4.82. The summed E-state index contributed by atoms with van der Waals surface area (Å²) in [7, 11) is -6.16. The summed E-state index contributed by atoms with van der Waals surface area (Å²) in [4.78, 5) is 0. The Bertz CT molecular complexity index is 205. The Hall–Kier alpha value is 0.267. The van der Waals surface area contributed by atoms with Gasteiger partial charge in [0, 0.05) is 13.1 Å². The van der Waals surface area contributed by atoms with E-state index in [0.717, 1.165) is 0 Å². The minimum absolute atomic E-state index is 0.380. The fourth-order valence-corrected chi connectivity index (χ4v) is 5.06. The molecule has 0 radical (unpaired) electrons. The number of nitrogens with zero attached hydrogens (tertiary/aromatic N) is 2. The molecule has 0 aromatic heterocycles. The zero-order valence-corrected chi connectivity index (χ0v) is 10.9. The molecule has 0 spiro atoms. The van der Waals surface area contributed by atoms with E-state index < -0.39 is 16.1 Å². The van der Waals surface area contributed by atoms with E-state index in [9.17, 15) is 8.39 Å². The standard InChI is InChI=1S/C7H19F2N2PSi/c1-6-11(7-2)12(8,9)10-13(3,4)5/h6-7H2,1-5H3. The third-order valence-electron chi connectivity index (χ3n) is 1.49. The molecule has 0 aromatic rings. The Kier molecular flexibility index (Phi) is 4.76. The van der Waals surface area contributed by atoms with Crippen molar-refractivity contribution in [3.63, 3.8) is 0 Å². The predicted molar refractivity (Wildman–Crippen MR) is 57.8 cm³/mol. The van der Waals surface area contributed by atoms with Crippen LogP contribution in [0.2, 0.25) is 19.6 Å². The van der Waals surface area contributed by atoms with Crippen LogP contribution in [0.3, 0.4) is 0 Å². The molecule has 0 aliphatic heterocycles. The summed E-state index contributed by atoms with van der Waals surface area (Å²) in [6.45, 7) is 9.77. The van der Waals surface area contributed by atoms with Gasteiger partial charge in [0.15, 0.2) is 8.24 Å². The average Bonchev–Trinajstić information content (AvgIpc) is 1.83. The van der Waals surface area contributed by atoms with Crippen molar-refractivity contribution in [1.29, 1.82) is 0 Å². The highest BCUT2D eigenvalue weighted by Gasteiger charge is 2.28.